The minimum absolute atomic E-state index is 0.0608. The van der Waals surface area contributed by atoms with Gasteiger partial charge >= 0.3 is 0 Å². The van der Waals surface area contributed by atoms with Gasteiger partial charge in [0, 0.05) is 28.2 Å². The molecule has 65 valence electrons. The molecule has 0 atom stereocenters. The van der Waals surface area contributed by atoms with Crippen molar-refractivity contribution in [1.29, 1.82) is 0 Å². The summed E-state index contributed by atoms with van der Waals surface area (Å²) in [6.07, 6.45) is 1.56. The largest absolute Gasteiger partial charge is 0.355 e. The first-order chi connectivity index (χ1) is 6.18. The lowest BCUT2D eigenvalue weighted by Crippen LogP contribution is -1.89. The van der Waals surface area contributed by atoms with Crippen LogP contribution in [0.3, 0.4) is 0 Å². The lowest BCUT2D eigenvalue weighted by molar-refractivity contribution is -0.383. The molecule has 0 aliphatic carbocycles. The van der Waals surface area contributed by atoms with Gasteiger partial charge in [0.15, 0.2) is 0 Å². The number of aromatic amines is 1. The summed E-state index contributed by atoms with van der Waals surface area (Å²) < 4.78 is 0.683. The second-order valence-electron chi connectivity index (χ2n) is 2.54. The first-order valence-corrected chi connectivity index (χ1v) is 4.30. The molecule has 0 saturated carbocycles. The van der Waals surface area contributed by atoms with E-state index in [1.807, 2.05) is 0 Å². The molecule has 1 heterocycles. The summed E-state index contributed by atoms with van der Waals surface area (Å²) >= 11 is 3.20. The van der Waals surface area contributed by atoms with Crippen LogP contribution >= 0.6 is 15.9 Å². The first-order valence-electron chi connectivity index (χ1n) is 3.51. The van der Waals surface area contributed by atoms with Gasteiger partial charge in [-0.3, -0.25) is 10.1 Å². The Hall–Kier alpha value is -1.36. The predicted octanol–water partition coefficient (Wildman–Crippen LogP) is 2.64. The molecular formula is C8H4BrN2O2. The molecule has 0 bridgehead atoms. The van der Waals surface area contributed by atoms with Gasteiger partial charge in [-0.25, -0.2) is 0 Å². The van der Waals surface area contributed by atoms with Crippen LogP contribution in [0.15, 0.2) is 22.8 Å². The Bertz CT molecular complexity index is 478. The van der Waals surface area contributed by atoms with Crippen LogP contribution in [0.2, 0.25) is 0 Å². The molecule has 0 saturated heterocycles. The van der Waals surface area contributed by atoms with E-state index in [1.54, 1.807) is 12.3 Å². The van der Waals surface area contributed by atoms with Crippen LogP contribution in [-0.4, -0.2) is 9.91 Å². The fourth-order valence-corrected chi connectivity index (χ4v) is 1.63. The van der Waals surface area contributed by atoms with E-state index in [2.05, 4.69) is 27.0 Å². The Morgan fingerprint density at radius 2 is 2.31 bits per heavy atom. The molecule has 1 aromatic carbocycles. The first kappa shape index (κ1) is 8.25. The topological polar surface area (TPSA) is 58.9 Å². The molecule has 5 heteroatoms. The van der Waals surface area contributed by atoms with Gasteiger partial charge in [0.25, 0.3) is 5.69 Å². The van der Waals surface area contributed by atoms with Crippen LogP contribution in [0.4, 0.5) is 5.69 Å². The van der Waals surface area contributed by atoms with Gasteiger partial charge in [-0.2, -0.15) is 0 Å². The minimum Gasteiger partial charge on any atom is -0.355 e. The van der Waals surface area contributed by atoms with E-state index in [0.717, 1.165) is 0 Å². The fourth-order valence-electron chi connectivity index (χ4n) is 1.19. The van der Waals surface area contributed by atoms with Crippen molar-refractivity contribution < 1.29 is 4.92 Å². The van der Waals surface area contributed by atoms with Crippen LogP contribution in [0, 0.1) is 16.2 Å². The Kier molecular flexibility index (Phi) is 1.81. The van der Waals surface area contributed by atoms with Crippen LogP contribution in [-0.2, 0) is 0 Å². The number of nitro groups is 1. The molecule has 0 unspecified atom stereocenters. The second kappa shape index (κ2) is 2.85. The molecular weight excluding hydrogens is 236 g/mol. The summed E-state index contributed by atoms with van der Waals surface area (Å²) in [4.78, 5) is 13.0. The van der Waals surface area contributed by atoms with Gasteiger partial charge in [-0.05, 0) is 6.07 Å². The molecule has 0 aliphatic rings. The van der Waals surface area contributed by atoms with Crippen LogP contribution < -0.4 is 0 Å². The molecule has 1 N–H and O–H groups in total. The summed E-state index contributed by atoms with van der Waals surface area (Å²) in [6, 6.07) is 6.11. The molecule has 0 spiro atoms. The number of hydrogen-bond donors (Lipinski definition) is 1. The van der Waals surface area contributed by atoms with Crippen molar-refractivity contribution in [1.82, 2.24) is 4.98 Å². The molecule has 4 nitrogen and oxygen atoms in total. The third kappa shape index (κ3) is 1.31. The van der Waals surface area contributed by atoms with Crippen molar-refractivity contribution in [2.45, 2.75) is 0 Å². The van der Waals surface area contributed by atoms with Gasteiger partial charge < -0.3 is 4.98 Å². The average molecular weight is 240 g/mol. The highest BCUT2D eigenvalue weighted by Crippen LogP contribution is 2.28. The zero-order chi connectivity index (χ0) is 9.42. The summed E-state index contributed by atoms with van der Waals surface area (Å²) in [5.74, 6) is 0. The van der Waals surface area contributed by atoms with E-state index >= 15 is 0 Å². The van der Waals surface area contributed by atoms with E-state index in [9.17, 15) is 10.1 Å². The maximum atomic E-state index is 10.6. The van der Waals surface area contributed by atoms with Crippen molar-refractivity contribution in [3.05, 3.63) is 39.0 Å². The molecule has 0 fully saturated rings. The van der Waals surface area contributed by atoms with E-state index in [1.165, 1.54) is 6.07 Å². The number of nitrogens with one attached hydrogen (secondary N) is 1. The number of non-ortho nitro benzene ring substituents is 1. The summed E-state index contributed by atoms with van der Waals surface area (Å²) in [7, 11) is 0. The Balaban J connectivity index is 2.84. The summed E-state index contributed by atoms with van der Waals surface area (Å²) in [5.41, 5.74) is 0.568. The van der Waals surface area contributed by atoms with E-state index in [0.29, 0.717) is 15.4 Å². The van der Waals surface area contributed by atoms with Gasteiger partial charge in [0.05, 0.1) is 4.92 Å². The fraction of sp³-hybridized carbons (Fsp3) is 0. The monoisotopic (exact) mass is 239 g/mol. The van der Waals surface area contributed by atoms with Gasteiger partial charge in [0.2, 0.25) is 0 Å². The molecule has 2 aromatic rings. The molecule has 0 aliphatic heterocycles. The van der Waals surface area contributed by atoms with Gasteiger partial charge in [0.1, 0.15) is 5.52 Å². The second-order valence-corrected chi connectivity index (χ2v) is 3.45. The van der Waals surface area contributed by atoms with E-state index in [-0.39, 0.29) is 5.69 Å². The van der Waals surface area contributed by atoms with Crippen molar-refractivity contribution in [3.63, 3.8) is 0 Å². The average Bonchev–Trinajstić information content (AvgIpc) is 2.49. The SMILES string of the molecule is O=[N+]([O-])c1cc(Br)cc2[c]c[nH]c12. The number of halogens is 1. The predicted molar refractivity (Wildman–Crippen MR) is 51.5 cm³/mol. The Morgan fingerprint density at radius 1 is 1.54 bits per heavy atom. The highest BCUT2D eigenvalue weighted by Gasteiger charge is 2.13. The molecule has 0 amide bonds. The number of nitrogens with zero attached hydrogens (tertiary/aromatic N) is 1. The highest BCUT2D eigenvalue weighted by atomic mass is 79.9. The molecule has 2 rings (SSSR count). The van der Waals surface area contributed by atoms with E-state index < -0.39 is 4.92 Å². The Morgan fingerprint density at radius 3 is 3.00 bits per heavy atom. The number of benzene rings is 1. The smallest absolute Gasteiger partial charge is 0.294 e. The standard InChI is InChI=1S/C8H4BrN2O2/c9-6-3-5-1-2-10-8(5)7(4-6)11(12)13/h2-4,10H. The molecule has 1 radical (unpaired) electrons. The van der Waals surface area contributed by atoms with Crippen LogP contribution in [0.1, 0.15) is 0 Å². The van der Waals surface area contributed by atoms with Crippen LogP contribution in [0.5, 0.6) is 0 Å². The number of nitro benzene ring substituents is 1. The maximum absolute atomic E-state index is 10.6. The maximum Gasteiger partial charge on any atom is 0.294 e. The number of fused-ring (bicyclic) bond motifs is 1. The van der Waals surface area contributed by atoms with Gasteiger partial charge in [-0.15, -0.1) is 0 Å². The lowest BCUT2D eigenvalue weighted by Gasteiger charge is -1.94. The summed E-state index contributed by atoms with van der Waals surface area (Å²) in [5, 5.41) is 11.3. The third-order valence-corrected chi connectivity index (χ3v) is 2.18. The van der Waals surface area contributed by atoms with Crippen molar-refractivity contribution >= 4 is 32.5 Å². The lowest BCUT2D eigenvalue weighted by atomic mass is 10.2. The van der Waals surface area contributed by atoms with E-state index in [4.69, 9.17) is 0 Å². The zero-order valence-corrected chi connectivity index (χ0v) is 7.96. The zero-order valence-electron chi connectivity index (χ0n) is 6.37. The number of H-pyrrole nitrogens is 1. The minimum atomic E-state index is -0.419. The number of aromatic nitrogens is 1. The Labute approximate surface area is 81.8 Å². The molecule has 1 aromatic heterocycles. The third-order valence-electron chi connectivity index (χ3n) is 1.72. The summed E-state index contributed by atoms with van der Waals surface area (Å²) in [6.45, 7) is 0. The van der Waals surface area contributed by atoms with Gasteiger partial charge in [-0.1, -0.05) is 15.9 Å². The highest BCUT2D eigenvalue weighted by molar-refractivity contribution is 9.10. The quantitative estimate of drug-likeness (QED) is 0.615. The number of hydrogen-bond acceptors (Lipinski definition) is 2. The van der Waals surface area contributed by atoms with Crippen molar-refractivity contribution in [2.24, 2.45) is 0 Å². The van der Waals surface area contributed by atoms with Crippen molar-refractivity contribution in [3.8, 4) is 0 Å². The van der Waals surface area contributed by atoms with Crippen molar-refractivity contribution in [2.75, 3.05) is 0 Å². The molecule has 13 heavy (non-hydrogen) atoms. The van der Waals surface area contributed by atoms with Crippen LogP contribution in [0.25, 0.3) is 10.9 Å². The normalized spacial score (nSPS) is 10.5. The number of rotatable bonds is 1.